The number of aliphatic hydroxyl groups excluding tert-OH is 4. The van der Waals surface area contributed by atoms with Gasteiger partial charge in [0.15, 0.2) is 0 Å². The number of hydrogen-bond donors (Lipinski definition) is 4. The monoisotopic (exact) mass is 660 g/mol. The van der Waals surface area contributed by atoms with E-state index >= 15 is 0 Å². The molecule has 4 N–H and O–H groups in total. The van der Waals surface area contributed by atoms with Gasteiger partial charge in [-0.15, -0.1) is 0 Å². The van der Waals surface area contributed by atoms with Crippen LogP contribution in [0.15, 0.2) is 30.3 Å². The summed E-state index contributed by atoms with van der Waals surface area (Å²) in [5, 5.41) is 41.1. The summed E-state index contributed by atoms with van der Waals surface area (Å²) in [6.45, 7) is 2.32. The first kappa shape index (κ1) is 37.2. The van der Waals surface area contributed by atoms with Gasteiger partial charge in [0, 0.05) is 12.0 Å². The van der Waals surface area contributed by atoms with Gasteiger partial charge in [-0.25, -0.2) is 0 Å². The predicted octanol–water partition coefficient (Wildman–Crippen LogP) is 7.30. The molecule has 1 heterocycles. The summed E-state index contributed by atoms with van der Waals surface area (Å²) in [5.74, 6) is 1.15. The number of unbranched alkanes of at least 4 members (excludes halogenated alkanes) is 12. The van der Waals surface area contributed by atoms with Crippen molar-refractivity contribution in [3.8, 4) is 0 Å². The molecule has 1 unspecified atom stereocenters. The molecule has 0 radical (unpaired) electrons. The van der Waals surface area contributed by atoms with Crippen molar-refractivity contribution in [2.24, 2.45) is 23.2 Å². The van der Waals surface area contributed by atoms with Gasteiger partial charge >= 0.3 is 0 Å². The number of ether oxygens (including phenoxy) is 2. The van der Waals surface area contributed by atoms with Crippen LogP contribution in [0.1, 0.15) is 141 Å². The van der Waals surface area contributed by atoms with Gasteiger partial charge in [0.25, 0.3) is 0 Å². The van der Waals surface area contributed by atoms with Gasteiger partial charge in [-0.3, -0.25) is 0 Å². The van der Waals surface area contributed by atoms with Crippen LogP contribution in [0.2, 0.25) is 0 Å². The summed E-state index contributed by atoms with van der Waals surface area (Å²) in [7, 11) is 0. The van der Waals surface area contributed by atoms with Crippen molar-refractivity contribution in [2.75, 3.05) is 13.2 Å². The van der Waals surface area contributed by atoms with E-state index in [1.165, 1.54) is 103 Å². The van der Waals surface area contributed by atoms with Crippen molar-refractivity contribution >= 4 is 0 Å². The van der Waals surface area contributed by atoms with Crippen LogP contribution in [0, 0.1) is 23.2 Å². The molecule has 0 spiro atoms. The maximum atomic E-state index is 10.7. The summed E-state index contributed by atoms with van der Waals surface area (Å²) in [6, 6.07) is 9.91. The van der Waals surface area contributed by atoms with Crippen LogP contribution in [0.3, 0.4) is 0 Å². The van der Waals surface area contributed by atoms with Crippen LogP contribution in [0.4, 0.5) is 0 Å². The first-order valence-corrected chi connectivity index (χ1v) is 19.2. The molecule has 5 aliphatic rings. The molecule has 4 aliphatic carbocycles. The molecular formula is C39H64O8. The highest BCUT2D eigenvalue weighted by molar-refractivity contribution is 5.20. The lowest BCUT2D eigenvalue weighted by Crippen LogP contribution is -2.59. The largest absolute Gasteiger partial charge is 0.394 e. The first-order valence-electron chi connectivity index (χ1n) is 19.2. The Balaban J connectivity index is 1.21. The highest BCUT2D eigenvalue weighted by Crippen LogP contribution is 2.60. The number of benzene rings is 1. The fourth-order valence-electron chi connectivity index (χ4n) is 9.49. The molecule has 1 aromatic rings. The minimum Gasteiger partial charge on any atom is -0.394 e. The van der Waals surface area contributed by atoms with Crippen molar-refractivity contribution in [3.63, 3.8) is 0 Å². The quantitative estimate of drug-likeness (QED) is 0.0443. The topological polar surface area (TPSA) is 118 Å². The molecular weight excluding hydrogens is 596 g/mol. The zero-order valence-electron chi connectivity index (χ0n) is 29.0. The van der Waals surface area contributed by atoms with E-state index in [1.54, 1.807) is 0 Å². The average molecular weight is 661 g/mol. The van der Waals surface area contributed by atoms with Gasteiger partial charge in [0.05, 0.1) is 13.2 Å². The molecule has 6 rings (SSSR count). The van der Waals surface area contributed by atoms with Gasteiger partial charge in [0.1, 0.15) is 24.4 Å². The lowest BCUT2D eigenvalue weighted by Gasteiger charge is -2.57. The molecule has 268 valence electrons. The van der Waals surface area contributed by atoms with Gasteiger partial charge in [-0.2, -0.15) is 9.78 Å². The average Bonchev–Trinajstić information content (AvgIpc) is 3.07. The Bertz CT molecular complexity index is 984. The minimum atomic E-state index is -1.55. The van der Waals surface area contributed by atoms with Crippen LogP contribution in [0.25, 0.3) is 0 Å². The van der Waals surface area contributed by atoms with Crippen molar-refractivity contribution < 1.29 is 39.7 Å². The van der Waals surface area contributed by atoms with Crippen LogP contribution in [0.5, 0.6) is 0 Å². The molecule has 1 aromatic carbocycles. The number of aliphatic hydroxyl groups is 4. The predicted molar refractivity (Wildman–Crippen MR) is 181 cm³/mol. The summed E-state index contributed by atoms with van der Waals surface area (Å²) in [6.07, 6.45) is 17.6. The van der Waals surface area contributed by atoms with Crippen LogP contribution in [-0.2, 0) is 25.0 Å². The molecule has 5 fully saturated rings. The third-order valence-corrected chi connectivity index (χ3v) is 11.7. The van der Waals surface area contributed by atoms with Crippen LogP contribution < -0.4 is 0 Å². The SMILES string of the molecule is CCCCCCCCCCCCCCCC(OCC12CC3CC(CC(C3)C1)C2)(OO[C@@H]1O[C@H](CO)[C@H](O)[C@H](O)[C@H]1O)c1ccccc1. The lowest BCUT2D eigenvalue weighted by atomic mass is 9.50. The van der Waals surface area contributed by atoms with Gasteiger partial charge in [-0.05, 0) is 68.1 Å². The number of rotatable bonds is 22. The van der Waals surface area contributed by atoms with Crippen LogP contribution in [-0.4, -0.2) is 64.3 Å². The van der Waals surface area contributed by atoms with Crippen molar-refractivity contribution in [1.29, 1.82) is 0 Å². The molecule has 4 bridgehead atoms. The van der Waals surface area contributed by atoms with Gasteiger partial charge in [-0.1, -0.05) is 114 Å². The smallest absolute Gasteiger partial charge is 0.227 e. The molecule has 1 saturated heterocycles. The van der Waals surface area contributed by atoms with E-state index in [2.05, 4.69) is 6.92 Å². The molecule has 6 atom stereocenters. The first-order chi connectivity index (χ1) is 22.9. The fraction of sp³-hybridized carbons (Fsp3) is 0.846. The molecule has 4 saturated carbocycles. The zero-order valence-corrected chi connectivity index (χ0v) is 29.0. The molecule has 0 amide bonds. The van der Waals surface area contributed by atoms with Gasteiger partial charge in [0.2, 0.25) is 12.1 Å². The lowest BCUT2D eigenvalue weighted by molar-refractivity contribution is -0.504. The van der Waals surface area contributed by atoms with E-state index in [4.69, 9.17) is 19.2 Å². The van der Waals surface area contributed by atoms with E-state index < -0.39 is 43.1 Å². The second-order valence-corrected chi connectivity index (χ2v) is 15.7. The van der Waals surface area contributed by atoms with Crippen molar-refractivity contribution in [2.45, 2.75) is 172 Å². The van der Waals surface area contributed by atoms with E-state index in [0.717, 1.165) is 42.6 Å². The number of hydrogen-bond acceptors (Lipinski definition) is 8. The normalized spacial score (nSPS) is 34.5. The fourth-order valence-corrected chi connectivity index (χ4v) is 9.49. The second kappa shape index (κ2) is 18.2. The molecule has 1 aliphatic heterocycles. The molecule has 0 aromatic heterocycles. The second-order valence-electron chi connectivity index (χ2n) is 15.7. The highest BCUT2D eigenvalue weighted by atomic mass is 17.3. The Hall–Kier alpha value is -1.10. The van der Waals surface area contributed by atoms with Gasteiger partial charge < -0.3 is 29.9 Å². The van der Waals surface area contributed by atoms with Crippen molar-refractivity contribution in [1.82, 2.24) is 0 Å². The van der Waals surface area contributed by atoms with E-state index in [9.17, 15) is 20.4 Å². The molecule has 8 nitrogen and oxygen atoms in total. The van der Waals surface area contributed by atoms with E-state index in [0.29, 0.717) is 13.0 Å². The molecule has 8 heteroatoms. The van der Waals surface area contributed by atoms with Crippen molar-refractivity contribution in [3.05, 3.63) is 35.9 Å². The maximum Gasteiger partial charge on any atom is 0.227 e. The Morgan fingerprint density at radius 3 is 1.79 bits per heavy atom. The Morgan fingerprint density at radius 1 is 0.723 bits per heavy atom. The standard InChI is InChI=1S/C39H64O8/c1-2-3-4-5-6-7-8-9-10-11-12-13-17-20-39(32-18-15-14-16-19-32,47-46-37-36(43)35(42)34(41)33(27-40)45-37)44-28-38-24-29-21-30(25-38)23-31(22-29)26-38/h14-16,18-19,29-31,33-37,40-43H,2-13,17,20-28H2,1H3/t29?,30?,31?,33-,34+,35+,36-,37+,38?,39?/m1/s1. The van der Waals surface area contributed by atoms with E-state index in [1.807, 2.05) is 30.3 Å². The third kappa shape index (κ3) is 10.0. The molecule has 47 heavy (non-hydrogen) atoms. The maximum absolute atomic E-state index is 10.7. The van der Waals surface area contributed by atoms with E-state index in [-0.39, 0.29) is 5.41 Å². The Labute approximate surface area is 283 Å². The Morgan fingerprint density at radius 2 is 1.26 bits per heavy atom. The summed E-state index contributed by atoms with van der Waals surface area (Å²) >= 11 is 0. The summed E-state index contributed by atoms with van der Waals surface area (Å²) < 4.78 is 12.6. The Kier molecular flexibility index (Phi) is 14.4. The zero-order chi connectivity index (χ0) is 33.1. The third-order valence-electron chi connectivity index (χ3n) is 11.7. The summed E-state index contributed by atoms with van der Waals surface area (Å²) in [5.41, 5.74) is 0.991. The summed E-state index contributed by atoms with van der Waals surface area (Å²) in [4.78, 5) is 12.1. The van der Waals surface area contributed by atoms with Crippen LogP contribution >= 0.6 is 0 Å². The minimum absolute atomic E-state index is 0.150. The highest BCUT2D eigenvalue weighted by Gasteiger charge is 2.53.